The van der Waals surface area contributed by atoms with Gasteiger partial charge < -0.3 is 10.0 Å². The van der Waals surface area contributed by atoms with Crippen molar-refractivity contribution in [1.29, 1.82) is 0 Å². The normalized spacial score (nSPS) is 16.9. The van der Waals surface area contributed by atoms with Crippen LogP contribution in [0.1, 0.15) is 37.9 Å². The molecule has 0 aliphatic heterocycles. The number of aliphatic hydroxyl groups is 1. The average Bonchev–Trinajstić information content (AvgIpc) is 3.21. The highest BCUT2D eigenvalue weighted by Crippen LogP contribution is 2.30. The first kappa shape index (κ1) is 14.4. The minimum Gasteiger partial charge on any atom is -0.388 e. The van der Waals surface area contributed by atoms with E-state index in [2.05, 4.69) is 11.8 Å². The van der Waals surface area contributed by atoms with Crippen molar-refractivity contribution in [1.82, 2.24) is 4.90 Å². The molecule has 4 heteroatoms. The van der Waals surface area contributed by atoms with Gasteiger partial charge in [-0.1, -0.05) is 19.1 Å². The number of hydrogen-bond donors (Lipinski definition) is 1. The van der Waals surface area contributed by atoms with Crippen LogP contribution in [0.15, 0.2) is 18.2 Å². The van der Waals surface area contributed by atoms with E-state index in [1.54, 1.807) is 0 Å². The molecule has 0 radical (unpaired) electrons. The van der Waals surface area contributed by atoms with Gasteiger partial charge in [0, 0.05) is 18.7 Å². The third-order valence-corrected chi connectivity index (χ3v) is 3.72. The zero-order valence-corrected chi connectivity index (χ0v) is 11.3. The van der Waals surface area contributed by atoms with Crippen LogP contribution in [0.25, 0.3) is 0 Å². The van der Waals surface area contributed by atoms with E-state index in [4.69, 9.17) is 0 Å². The van der Waals surface area contributed by atoms with Gasteiger partial charge in [0.15, 0.2) is 11.6 Å². The van der Waals surface area contributed by atoms with Gasteiger partial charge in [0.2, 0.25) is 0 Å². The molecule has 1 N–H and O–H groups in total. The molecule has 1 aromatic carbocycles. The van der Waals surface area contributed by atoms with Gasteiger partial charge in [0.25, 0.3) is 0 Å². The third-order valence-electron chi connectivity index (χ3n) is 3.72. The van der Waals surface area contributed by atoms with E-state index in [1.165, 1.54) is 25.0 Å². The Morgan fingerprint density at radius 2 is 2.11 bits per heavy atom. The van der Waals surface area contributed by atoms with Gasteiger partial charge in [0.05, 0.1) is 6.10 Å². The molecule has 2 rings (SSSR count). The highest BCUT2D eigenvalue weighted by atomic mass is 19.2. The molecular formula is C15H21F2NO. The number of benzene rings is 1. The fourth-order valence-corrected chi connectivity index (χ4v) is 2.28. The maximum absolute atomic E-state index is 13.5. The Morgan fingerprint density at radius 3 is 2.74 bits per heavy atom. The van der Waals surface area contributed by atoms with E-state index in [9.17, 15) is 13.9 Å². The molecule has 1 unspecified atom stereocenters. The van der Waals surface area contributed by atoms with Crippen LogP contribution in [0.3, 0.4) is 0 Å². The number of aliphatic hydroxyl groups excluding tert-OH is 1. The maximum Gasteiger partial charge on any atom is 0.164 e. The molecule has 0 heterocycles. The lowest BCUT2D eigenvalue weighted by Crippen LogP contribution is -2.28. The van der Waals surface area contributed by atoms with Gasteiger partial charge in [-0.25, -0.2) is 8.78 Å². The summed E-state index contributed by atoms with van der Waals surface area (Å²) in [6.45, 7) is 4.77. The smallest absolute Gasteiger partial charge is 0.164 e. The van der Waals surface area contributed by atoms with E-state index >= 15 is 0 Å². The van der Waals surface area contributed by atoms with Crippen molar-refractivity contribution < 1.29 is 13.9 Å². The summed E-state index contributed by atoms with van der Waals surface area (Å²) in [4.78, 5) is 2.26. The van der Waals surface area contributed by atoms with Gasteiger partial charge in [0.1, 0.15) is 0 Å². The second kappa shape index (κ2) is 6.44. The molecule has 1 aliphatic rings. The Morgan fingerprint density at radius 1 is 1.37 bits per heavy atom. The lowest BCUT2D eigenvalue weighted by molar-refractivity contribution is 0.137. The Hall–Kier alpha value is -1.00. The maximum atomic E-state index is 13.5. The predicted molar refractivity (Wildman–Crippen MR) is 70.8 cm³/mol. The van der Waals surface area contributed by atoms with Crippen molar-refractivity contribution in [3.8, 4) is 0 Å². The average molecular weight is 269 g/mol. The lowest BCUT2D eigenvalue weighted by Gasteiger charge is -2.22. The van der Waals surface area contributed by atoms with Crippen LogP contribution in [-0.4, -0.2) is 29.6 Å². The highest BCUT2D eigenvalue weighted by molar-refractivity contribution is 5.21. The van der Waals surface area contributed by atoms with Gasteiger partial charge in [-0.3, -0.25) is 0 Å². The van der Waals surface area contributed by atoms with Crippen molar-refractivity contribution in [3.05, 3.63) is 35.4 Å². The fourth-order valence-electron chi connectivity index (χ4n) is 2.28. The predicted octanol–water partition coefficient (Wildman–Crippen LogP) is 3.12. The van der Waals surface area contributed by atoms with E-state index < -0.39 is 17.7 Å². The van der Waals surface area contributed by atoms with Crippen LogP contribution in [0, 0.1) is 17.6 Å². The Balaban J connectivity index is 1.88. The summed E-state index contributed by atoms with van der Waals surface area (Å²) < 4.78 is 26.6. The lowest BCUT2D eigenvalue weighted by atomic mass is 10.1. The molecule has 0 amide bonds. The highest BCUT2D eigenvalue weighted by Gasteiger charge is 2.24. The number of nitrogens with zero attached hydrogens (tertiary/aromatic N) is 1. The zero-order chi connectivity index (χ0) is 13.8. The van der Waals surface area contributed by atoms with Crippen LogP contribution in [-0.2, 0) is 0 Å². The van der Waals surface area contributed by atoms with Crippen molar-refractivity contribution in [3.63, 3.8) is 0 Å². The van der Waals surface area contributed by atoms with Gasteiger partial charge in [-0.2, -0.15) is 0 Å². The summed E-state index contributed by atoms with van der Waals surface area (Å²) >= 11 is 0. The first-order chi connectivity index (χ1) is 9.11. The Labute approximate surface area is 113 Å². The zero-order valence-electron chi connectivity index (χ0n) is 11.3. The summed E-state index contributed by atoms with van der Waals surface area (Å²) in [5.41, 5.74) is 0.0578. The largest absolute Gasteiger partial charge is 0.388 e. The first-order valence-electron chi connectivity index (χ1n) is 6.96. The minimum absolute atomic E-state index is 0.0578. The second-order valence-corrected chi connectivity index (χ2v) is 5.28. The molecule has 1 saturated carbocycles. The summed E-state index contributed by atoms with van der Waals surface area (Å²) in [7, 11) is 0. The monoisotopic (exact) mass is 269 g/mol. The van der Waals surface area contributed by atoms with Crippen LogP contribution in [0.4, 0.5) is 8.78 Å². The topological polar surface area (TPSA) is 23.5 Å². The van der Waals surface area contributed by atoms with Crippen molar-refractivity contribution in [2.45, 2.75) is 32.3 Å². The minimum atomic E-state index is -0.941. The van der Waals surface area contributed by atoms with E-state index in [1.807, 2.05) is 0 Å². The molecule has 1 aromatic rings. The second-order valence-electron chi connectivity index (χ2n) is 5.28. The van der Waals surface area contributed by atoms with Gasteiger partial charge in [-0.05, 0) is 37.8 Å². The van der Waals surface area contributed by atoms with E-state index in [0.29, 0.717) is 13.0 Å². The van der Waals surface area contributed by atoms with Crippen molar-refractivity contribution >= 4 is 0 Å². The molecule has 0 saturated heterocycles. The molecule has 1 aliphatic carbocycles. The molecule has 1 atom stereocenters. The molecule has 1 fully saturated rings. The Bertz CT molecular complexity index is 421. The molecular weight excluding hydrogens is 248 g/mol. The fraction of sp³-hybridized carbons (Fsp3) is 0.600. The molecule has 0 bridgehead atoms. The summed E-state index contributed by atoms with van der Waals surface area (Å²) in [6.07, 6.45) is 2.07. The number of rotatable bonds is 7. The third kappa shape index (κ3) is 3.98. The van der Waals surface area contributed by atoms with Gasteiger partial charge in [-0.15, -0.1) is 0 Å². The van der Waals surface area contributed by atoms with Crippen LogP contribution >= 0.6 is 0 Å². The van der Waals surface area contributed by atoms with Gasteiger partial charge >= 0.3 is 0 Å². The van der Waals surface area contributed by atoms with E-state index in [-0.39, 0.29) is 5.56 Å². The quantitative estimate of drug-likeness (QED) is 0.822. The Kier molecular flexibility index (Phi) is 4.88. The summed E-state index contributed by atoms with van der Waals surface area (Å²) in [5.74, 6) is -1.04. The first-order valence-corrected chi connectivity index (χ1v) is 6.96. The number of halogens is 2. The van der Waals surface area contributed by atoms with Crippen molar-refractivity contribution in [2.75, 3.05) is 19.6 Å². The molecule has 19 heavy (non-hydrogen) atoms. The molecule has 2 nitrogen and oxygen atoms in total. The summed E-state index contributed by atoms with van der Waals surface area (Å²) in [5, 5.41) is 9.99. The van der Waals surface area contributed by atoms with Crippen LogP contribution < -0.4 is 0 Å². The standard InChI is InChI=1S/C15H21F2NO/c1-2-18(10-11-6-7-11)9-8-14(19)12-4-3-5-13(16)15(12)17/h3-5,11,14,19H,2,6-10H2,1H3. The summed E-state index contributed by atoms with van der Waals surface area (Å²) in [6, 6.07) is 3.94. The van der Waals surface area contributed by atoms with E-state index in [0.717, 1.165) is 25.1 Å². The number of hydrogen-bond acceptors (Lipinski definition) is 2. The van der Waals surface area contributed by atoms with Crippen molar-refractivity contribution in [2.24, 2.45) is 5.92 Å². The molecule has 106 valence electrons. The van der Waals surface area contributed by atoms with Crippen LogP contribution in [0.5, 0.6) is 0 Å². The molecule has 0 aromatic heterocycles. The molecule has 0 spiro atoms. The SMILES string of the molecule is CCN(CCC(O)c1cccc(F)c1F)CC1CC1. The van der Waals surface area contributed by atoms with Crippen LogP contribution in [0.2, 0.25) is 0 Å².